The number of aliphatic hydroxyl groups is 1. The van der Waals surface area contributed by atoms with Crippen LogP contribution in [0.2, 0.25) is 0 Å². The van der Waals surface area contributed by atoms with Crippen LogP contribution in [0.25, 0.3) is 11.1 Å². The molecule has 0 radical (unpaired) electrons. The van der Waals surface area contributed by atoms with Gasteiger partial charge < -0.3 is 28.5 Å². The molecule has 0 bridgehead atoms. The molecule has 10 nitrogen and oxygen atoms in total. The molecule has 10 heteroatoms. The van der Waals surface area contributed by atoms with Crippen molar-refractivity contribution >= 4 is 17.8 Å². The van der Waals surface area contributed by atoms with E-state index in [9.17, 15) is 14.4 Å². The molecular weight excluding hydrogens is 530 g/mol. The Morgan fingerprint density at radius 1 is 1.02 bits per heavy atom. The topological polar surface area (TPSA) is 125 Å². The van der Waals surface area contributed by atoms with Crippen LogP contribution in [0.5, 0.6) is 0 Å². The van der Waals surface area contributed by atoms with Gasteiger partial charge in [0.1, 0.15) is 18.4 Å². The van der Waals surface area contributed by atoms with Crippen molar-refractivity contribution in [3.63, 3.8) is 0 Å². The number of aliphatic hydroxyl groups excluding tert-OH is 1. The lowest BCUT2D eigenvalue weighted by atomic mass is 10.0. The molecule has 1 aliphatic heterocycles. The molecule has 2 atom stereocenters. The molecule has 1 aliphatic rings. The molecule has 0 spiro atoms. The Hall–Kier alpha value is -3.83. The Bertz CT molecular complexity index is 1320. The number of benzene rings is 2. The summed E-state index contributed by atoms with van der Waals surface area (Å²) in [4.78, 5) is 40.6. The monoisotopic (exact) mass is 565 g/mol. The third-order valence-electron chi connectivity index (χ3n) is 6.67. The van der Waals surface area contributed by atoms with Gasteiger partial charge in [-0.15, -0.1) is 0 Å². The van der Waals surface area contributed by atoms with Crippen molar-refractivity contribution in [2.24, 2.45) is 0 Å². The number of carbonyl (C=O) groups is 3. The van der Waals surface area contributed by atoms with Crippen LogP contribution in [0.15, 0.2) is 65.1 Å². The lowest BCUT2D eigenvalue weighted by molar-refractivity contribution is -0.137. The van der Waals surface area contributed by atoms with Crippen molar-refractivity contribution in [1.82, 2.24) is 4.90 Å². The molecule has 0 saturated carbocycles. The molecule has 0 aliphatic carbocycles. The van der Waals surface area contributed by atoms with Crippen molar-refractivity contribution in [2.45, 2.75) is 31.9 Å². The van der Waals surface area contributed by atoms with Gasteiger partial charge in [0.05, 0.1) is 26.4 Å². The Labute approximate surface area is 238 Å². The predicted octanol–water partition coefficient (Wildman–Crippen LogP) is 4.13. The van der Waals surface area contributed by atoms with Crippen LogP contribution < -0.4 is 0 Å². The van der Waals surface area contributed by atoms with E-state index in [2.05, 4.69) is 0 Å². The molecular formula is C31H35NO9. The number of furan rings is 1. The maximum absolute atomic E-state index is 13.6. The van der Waals surface area contributed by atoms with Gasteiger partial charge in [-0.2, -0.15) is 0 Å². The predicted molar refractivity (Wildman–Crippen MR) is 148 cm³/mol. The SMILES string of the molecule is CO[C@@H](C(=O)c1cc(-c2cccc(C)c2)c(CCCOCCOCCO)o1)C(=O)N1C(=O)OC[C@@H]1c1ccccc1. The average Bonchev–Trinajstić information content (AvgIpc) is 3.59. The molecule has 3 aromatic rings. The lowest BCUT2D eigenvalue weighted by Gasteiger charge is -2.23. The number of ether oxygens (including phenoxy) is 4. The second kappa shape index (κ2) is 14.7. The maximum Gasteiger partial charge on any atom is 0.417 e. The van der Waals surface area contributed by atoms with Gasteiger partial charge in [-0.3, -0.25) is 9.59 Å². The number of methoxy groups -OCH3 is 1. The van der Waals surface area contributed by atoms with Crippen LogP contribution >= 0.6 is 0 Å². The van der Waals surface area contributed by atoms with E-state index in [1.165, 1.54) is 7.11 Å². The summed E-state index contributed by atoms with van der Waals surface area (Å²) in [6, 6.07) is 17.7. The van der Waals surface area contributed by atoms with Crippen LogP contribution in [-0.2, 0) is 30.2 Å². The number of ketones is 1. The van der Waals surface area contributed by atoms with Gasteiger partial charge in [-0.05, 0) is 30.5 Å². The highest BCUT2D eigenvalue weighted by Gasteiger charge is 2.44. The van der Waals surface area contributed by atoms with Crippen LogP contribution in [0.4, 0.5) is 4.79 Å². The summed E-state index contributed by atoms with van der Waals surface area (Å²) in [5.41, 5.74) is 3.35. The van der Waals surface area contributed by atoms with Gasteiger partial charge in [0.2, 0.25) is 11.9 Å². The third kappa shape index (κ3) is 7.47. The summed E-state index contributed by atoms with van der Waals surface area (Å²) in [5, 5.41) is 8.77. The smallest absolute Gasteiger partial charge is 0.417 e. The van der Waals surface area contributed by atoms with E-state index in [4.69, 9.17) is 28.5 Å². The molecule has 4 rings (SSSR count). The van der Waals surface area contributed by atoms with Crippen molar-refractivity contribution in [3.05, 3.63) is 83.3 Å². The van der Waals surface area contributed by atoms with E-state index >= 15 is 0 Å². The van der Waals surface area contributed by atoms with E-state index in [0.29, 0.717) is 44.0 Å². The molecule has 1 N–H and O–H groups in total. The van der Waals surface area contributed by atoms with Crippen LogP contribution in [0.3, 0.4) is 0 Å². The van der Waals surface area contributed by atoms with Crippen LogP contribution in [0.1, 0.15) is 39.9 Å². The van der Waals surface area contributed by atoms with E-state index in [0.717, 1.165) is 21.6 Å². The number of cyclic esters (lactones) is 1. The van der Waals surface area contributed by atoms with Gasteiger partial charge in [0.15, 0.2) is 5.76 Å². The minimum absolute atomic E-state index is 0.0166. The van der Waals surface area contributed by atoms with Crippen molar-refractivity contribution < 1.29 is 42.9 Å². The van der Waals surface area contributed by atoms with E-state index in [-0.39, 0.29) is 25.6 Å². The highest BCUT2D eigenvalue weighted by molar-refractivity contribution is 6.14. The molecule has 218 valence electrons. The zero-order valence-corrected chi connectivity index (χ0v) is 23.2. The first-order valence-corrected chi connectivity index (χ1v) is 13.5. The number of nitrogens with zero attached hydrogens (tertiary/aromatic N) is 1. The Morgan fingerprint density at radius 3 is 2.49 bits per heavy atom. The van der Waals surface area contributed by atoms with Gasteiger partial charge >= 0.3 is 6.09 Å². The zero-order chi connectivity index (χ0) is 29.2. The fraction of sp³-hybridized carbons (Fsp3) is 0.387. The summed E-state index contributed by atoms with van der Waals surface area (Å²) >= 11 is 0. The summed E-state index contributed by atoms with van der Waals surface area (Å²) in [5.74, 6) is -0.981. The first kappa shape index (κ1) is 30.1. The van der Waals surface area contributed by atoms with E-state index in [1.54, 1.807) is 30.3 Å². The van der Waals surface area contributed by atoms with Gasteiger partial charge in [0, 0.05) is 25.7 Å². The number of aryl methyl sites for hydroxylation is 2. The van der Waals surface area contributed by atoms with E-state index < -0.39 is 29.9 Å². The lowest BCUT2D eigenvalue weighted by Crippen LogP contribution is -2.45. The Morgan fingerprint density at radius 2 is 1.78 bits per heavy atom. The molecule has 2 heterocycles. The highest BCUT2D eigenvalue weighted by atomic mass is 16.6. The minimum atomic E-state index is -1.60. The number of hydrogen-bond acceptors (Lipinski definition) is 9. The molecule has 2 aromatic carbocycles. The van der Waals surface area contributed by atoms with Gasteiger partial charge in [-0.1, -0.05) is 60.2 Å². The summed E-state index contributed by atoms with van der Waals surface area (Å²) in [6.45, 7) is 3.41. The quantitative estimate of drug-likeness (QED) is 0.164. The number of hydrogen-bond donors (Lipinski definition) is 1. The van der Waals surface area contributed by atoms with Crippen molar-refractivity contribution in [3.8, 4) is 11.1 Å². The Balaban J connectivity index is 1.52. The highest BCUT2D eigenvalue weighted by Crippen LogP contribution is 2.32. The maximum atomic E-state index is 13.6. The second-order valence-corrected chi connectivity index (χ2v) is 9.56. The molecule has 41 heavy (non-hydrogen) atoms. The molecule has 1 aromatic heterocycles. The number of amides is 2. The summed E-state index contributed by atoms with van der Waals surface area (Å²) < 4.78 is 27.3. The standard InChI is InChI=1S/C31H35NO9/c1-21-8-6-11-23(18-21)24-19-27(41-26(24)12-7-14-38-16-17-39-15-13-33)28(34)29(37-2)30(35)32-25(20-40-31(32)36)22-9-4-3-5-10-22/h3-6,8-11,18-19,25,29,33H,7,12-17,20H2,1-2H3/t25-,29+/m1/s1. The number of carbonyl (C=O) groups excluding carboxylic acids is 3. The fourth-order valence-corrected chi connectivity index (χ4v) is 4.68. The third-order valence-corrected chi connectivity index (χ3v) is 6.67. The Kier molecular flexibility index (Phi) is 10.8. The fourth-order valence-electron chi connectivity index (χ4n) is 4.68. The zero-order valence-electron chi connectivity index (χ0n) is 23.2. The summed E-state index contributed by atoms with van der Waals surface area (Å²) in [7, 11) is 1.24. The molecule has 2 amide bonds. The largest absolute Gasteiger partial charge is 0.457 e. The van der Waals surface area contributed by atoms with Crippen molar-refractivity contribution in [1.29, 1.82) is 0 Å². The van der Waals surface area contributed by atoms with Crippen LogP contribution in [0, 0.1) is 6.92 Å². The second-order valence-electron chi connectivity index (χ2n) is 9.56. The number of rotatable bonds is 15. The average molecular weight is 566 g/mol. The van der Waals surface area contributed by atoms with Crippen LogP contribution in [-0.4, -0.2) is 80.6 Å². The number of Topliss-reactive ketones (excluding diaryl/α,β-unsaturated/α-hetero) is 1. The van der Waals surface area contributed by atoms with Gasteiger partial charge in [0.25, 0.3) is 5.91 Å². The first-order valence-electron chi connectivity index (χ1n) is 13.5. The van der Waals surface area contributed by atoms with E-state index in [1.807, 2.05) is 37.3 Å². The molecule has 0 unspecified atom stereocenters. The molecule has 1 fully saturated rings. The molecule has 1 saturated heterocycles. The summed E-state index contributed by atoms with van der Waals surface area (Å²) in [6.07, 6.45) is -1.33. The van der Waals surface area contributed by atoms with Gasteiger partial charge in [-0.25, -0.2) is 9.69 Å². The minimum Gasteiger partial charge on any atom is -0.457 e. The number of imide groups is 1. The normalized spacial score (nSPS) is 15.6. The van der Waals surface area contributed by atoms with Crippen molar-refractivity contribution in [2.75, 3.05) is 46.8 Å². The first-order chi connectivity index (χ1) is 19.9.